The fourth-order valence-electron chi connectivity index (χ4n) is 1.54. The van der Waals surface area contributed by atoms with Gasteiger partial charge in [-0.1, -0.05) is 11.6 Å². The molecule has 1 aromatic carbocycles. The van der Waals surface area contributed by atoms with E-state index in [1.165, 1.54) is 12.1 Å². The third-order valence-electron chi connectivity index (χ3n) is 2.72. The standard InChI is InChI=1S/C12H16ClN3O3/c1-12(2,11(17)14-3)7-15-9-5-4-8(13)6-10(9)16(18)19/h4-6,15H,7H2,1-3H3,(H,14,17). The number of carbonyl (C=O) groups excluding carboxylic acids is 1. The first-order valence-electron chi connectivity index (χ1n) is 5.68. The van der Waals surface area contributed by atoms with Gasteiger partial charge in [0.1, 0.15) is 5.69 Å². The highest BCUT2D eigenvalue weighted by atomic mass is 35.5. The summed E-state index contributed by atoms with van der Waals surface area (Å²) in [7, 11) is 1.55. The summed E-state index contributed by atoms with van der Waals surface area (Å²) >= 11 is 5.73. The summed E-state index contributed by atoms with van der Waals surface area (Å²) < 4.78 is 0. The van der Waals surface area contributed by atoms with E-state index in [0.717, 1.165) is 0 Å². The van der Waals surface area contributed by atoms with Gasteiger partial charge in [-0.15, -0.1) is 0 Å². The van der Waals surface area contributed by atoms with E-state index in [-0.39, 0.29) is 18.1 Å². The fraction of sp³-hybridized carbons (Fsp3) is 0.417. The van der Waals surface area contributed by atoms with E-state index >= 15 is 0 Å². The monoisotopic (exact) mass is 285 g/mol. The lowest BCUT2D eigenvalue weighted by Gasteiger charge is -2.23. The zero-order chi connectivity index (χ0) is 14.6. The first-order valence-corrected chi connectivity index (χ1v) is 6.05. The van der Waals surface area contributed by atoms with Crippen LogP contribution in [0, 0.1) is 15.5 Å². The Morgan fingerprint density at radius 1 is 1.47 bits per heavy atom. The number of halogens is 1. The number of anilines is 1. The van der Waals surface area contributed by atoms with Crippen molar-refractivity contribution in [3.05, 3.63) is 33.3 Å². The summed E-state index contributed by atoms with van der Waals surface area (Å²) in [5, 5.41) is 16.7. The van der Waals surface area contributed by atoms with Crippen molar-refractivity contribution in [3.8, 4) is 0 Å². The van der Waals surface area contributed by atoms with Crippen LogP contribution < -0.4 is 10.6 Å². The number of nitro groups is 1. The van der Waals surface area contributed by atoms with Gasteiger partial charge in [0.2, 0.25) is 5.91 Å². The van der Waals surface area contributed by atoms with Crippen molar-refractivity contribution in [1.29, 1.82) is 0 Å². The maximum absolute atomic E-state index is 11.6. The first-order chi connectivity index (χ1) is 8.77. The van der Waals surface area contributed by atoms with Crippen LogP contribution in [0.2, 0.25) is 5.02 Å². The smallest absolute Gasteiger partial charge is 0.293 e. The van der Waals surface area contributed by atoms with E-state index in [9.17, 15) is 14.9 Å². The number of amides is 1. The van der Waals surface area contributed by atoms with Crippen LogP contribution in [0.4, 0.5) is 11.4 Å². The SMILES string of the molecule is CNC(=O)C(C)(C)CNc1ccc(Cl)cc1[N+](=O)[O-]. The van der Waals surface area contributed by atoms with Gasteiger partial charge in [-0.2, -0.15) is 0 Å². The Kier molecular flexibility index (Phi) is 4.72. The molecule has 0 heterocycles. The molecule has 0 fully saturated rings. The quantitative estimate of drug-likeness (QED) is 0.643. The number of rotatable bonds is 5. The normalized spacial score (nSPS) is 10.9. The largest absolute Gasteiger partial charge is 0.378 e. The van der Waals surface area contributed by atoms with Crippen molar-refractivity contribution in [2.75, 3.05) is 18.9 Å². The van der Waals surface area contributed by atoms with E-state index in [1.54, 1.807) is 27.0 Å². The minimum atomic E-state index is -0.678. The lowest BCUT2D eigenvalue weighted by atomic mass is 9.92. The van der Waals surface area contributed by atoms with E-state index in [2.05, 4.69) is 10.6 Å². The molecule has 0 unspecified atom stereocenters. The van der Waals surface area contributed by atoms with Crippen LogP contribution in [0.3, 0.4) is 0 Å². The topological polar surface area (TPSA) is 84.3 Å². The lowest BCUT2D eigenvalue weighted by molar-refractivity contribution is -0.383. The second kappa shape index (κ2) is 5.88. The zero-order valence-corrected chi connectivity index (χ0v) is 11.7. The molecule has 6 nitrogen and oxygen atoms in total. The van der Waals surface area contributed by atoms with Gasteiger partial charge in [0.05, 0.1) is 10.3 Å². The molecule has 0 aromatic heterocycles. The lowest BCUT2D eigenvalue weighted by Crippen LogP contribution is -2.39. The molecule has 0 atom stereocenters. The highest BCUT2D eigenvalue weighted by Gasteiger charge is 2.27. The molecule has 1 rings (SSSR count). The molecular formula is C12H16ClN3O3. The molecule has 0 radical (unpaired) electrons. The van der Waals surface area contributed by atoms with Crippen molar-refractivity contribution in [1.82, 2.24) is 5.32 Å². The van der Waals surface area contributed by atoms with Crippen LogP contribution in [0.25, 0.3) is 0 Å². The Labute approximate surface area is 116 Å². The maximum atomic E-state index is 11.6. The van der Waals surface area contributed by atoms with Gasteiger partial charge >= 0.3 is 0 Å². The van der Waals surface area contributed by atoms with Crippen LogP contribution in [0.1, 0.15) is 13.8 Å². The van der Waals surface area contributed by atoms with E-state index in [4.69, 9.17) is 11.6 Å². The number of carbonyl (C=O) groups is 1. The predicted octanol–water partition coefficient (Wildman–Crippen LogP) is 2.43. The second-order valence-electron chi connectivity index (χ2n) is 4.74. The number of nitrogens with zero attached hydrogens (tertiary/aromatic N) is 1. The summed E-state index contributed by atoms with van der Waals surface area (Å²) in [5.41, 5.74) is -0.450. The van der Waals surface area contributed by atoms with Gasteiger partial charge < -0.3 is 10.6 Å². The van der Waals surface area contributed by atoms with Crippen LogP contribution >= 0.6 is 11.6 Å². The second-order valence-corrected chi connectivity index (χ2v) is 5.17. The highest BCUT2D eigenvalue weighted by Crippen LogP contribution is 2.28. The molecule has 0 spiro atoms. The molecule has 104 valence electrons. The van der Waals surface area contributed by atoms with Crippen molar-refractivity contribution in [2.45, 2.75) is 13.8 Å². The number of hydrogen-bond donors (Lipinski definition) is 2. The van der Waals surface area contributed by atoms with Crippen LogP contribution in [-0.2, 0) is 4.79 Å². The molecule has 2 N–H and O–H groups in total. The molecule has 0 saturated carbocycles. The third kappa shape index (κ3) is 3.82. The number of hydrogen-bond acceptors (Lipinski definition) is 4. The van der Waals surface area contributed by atoms with Gasteiger partial charge in [-0.05, 0) is 26.0 Å². The Bertz CT molecular complexity index is 503. The maximum Gasteiger partial charge on any atom is 0.293 e. The van der Waals surface area contributed by atoms with Gasteiger partial charge in [0.15, 0.2) is 0 Å². The Morgan fingerprint density at radius 3 is 2.63 bits per heavy atom. The average Bonchev–Trinajstić information content (AvgIpc) is 2.36. The molecule has 19 heavy (non-hydrogen) atoms. The Hall–Kier alpha value is -1.82. The van der Waals surface area contributed by atoms with Crippen molar-refractivity contribution < 1.29 is 9.72 Å². The Morgan fingerprint density at radius 2 is 2.11 bits per heavy atom. The number of benzene rings is 1. The average molecular weight is 286 g/mol. The molecule has 0 aliphatic rings. The van der Waals surface area contributed by atoms with Gasteiger partial charge in [0.25, 0.3) is 5.69 Å². The van der Waals surface area contributed by atoms with Gasteiger partial charge in [-0.3, -0.25) is 14.9 Å². The highest BCUT2D eigenvalue weighted by molar-refractivity contribution is 6.30. The van der Waals surface area contributed by atoms with Crippen molar-refractivity contribution >= 4 is 28.9 Å². The van der Waals surface area contributed by atoms with Gasteiger partial charge in [-0.25, -0.2) is 0 Å². The summed E-state index contributed by atoms with van der Waals surface area (Å²) in [6, 6.07) is 4.36. The predicted molar refractivity (Wildman–Crippen MR) is 74.4 cm³/mol. The molecular weight excluding hydrogens is 270 g/mol. The Balaban J connectivity index is 2.89. The number of nitrogens with one attached hydrogen (secondary N) is 2. The van der Waals surface area contributed by atoms with E-state index < -0.39 is 10.3 Å². The van der Waals surface area contributed by atoms with Crippen molar-refractivity contribution in [3.63, 3.8) is 0 Å². The summed E-state index contributed by atoms with van der Waals surface area (Å²) in [6.07, 6.45) is 0. The fourth-order valence-corrected chi connectivity index (χ4v) is 1.71. The molecule has 7 heteroatoms. The summed E-state index contributed by atoms with van der Waals surface area (Å²) in [5.74, 6) is -0.142. The van der Waals surface area contributed by atoms with E-state index in [0.29, 0.717) is 10.7 Å². The first kappa shape index (κ1) is 15.2. The molecule has 1 aromatic rings. The van der Waals surface area contributed by atoms with Gasteiger partial charge in [0, 0.05) is 24.7 Å². The molecule has 0 bridgehead atoms. The van der Waals surface area contributed by atoms with Crippen molar-refractivity contribution in [2.24, 2.45) is 5.41 Å². The van der Waals surface area contributed by atoms with E-state index in [1.807, 2.05) is 0 Å². The third-order valence-corrected chi connectivity index (χ3v) is 2.95. The molecule has 0 aliphatic heterocycles. The molecule has 1 amide bonds. The van der Waals surface area contributed by atoms with Crippen LogP contribution in [0.5, 0.6) is 0 Å². The molecule has 0 aliphatic carbocycles. The summed E-state index contributed by atoms with van der Waals surface area (Å²) in [6.45, 7) is 3.77. The summed E-state index contributed by atoms with van der Waals surface area (Å²) in [4.78, 5) is 22.0. The minimum absolute atomic E-state index is 0.111. The zero-order valence-electron chi connectivity index (χ0n) is 11.0. The minimum Gasteiger partial charge on any atom is -0.378 e. The molecule has 0 saturated heterocycles. The van der Waals surface area contributed by atoms with Crippen LogP contribution in [-0.4, -0.2) is 24.4 Å². The number of nitro benzene ring substituents is 1. The van der Waals surface area contributed by atoms with Crippen LogP contribution in [0.15, 0.2) is 18.2 Å².